The van der Waals surface area contributed by atoms with Gasteiger partial charge in [0.25, 0.3) is 0 Å². The van der Waals surface area contributed by atoms with E-state index < -0.39 is 19.5 Å². The fourth-order valence-corrected chi connectivity index (χ4v) is 3.28. The normalized spacial score (nSPS) is 11.0. The first-order valence-corrected chi connectivity index (χ1v) is 9.15. The van der Waals surface area contributed by atoms with Crippen LogP contribution in [0.5, 0.6) is 17.2 Å². The van der Waals surface area contributed by atoms with Crippen LogP contribution in [-0.4, -0.2) is 0 Å². The molecule has 0 aromatic heterocycles. The van der Waals surface area contributed by atoms with Gasteiger partial charge in [-0.2, -0.15) is 4.57 Å². The van der Waals surface area contributed by atoms with Gasteiger partial charge in [-0.05, 0) is 67.6 Å². The molecule has 0 radical (unpaired) electrons. The average molecular weight is 376 g/mol. The van der Waals surface area contributed by atoms with Crippen LogP contribution in [0.4, 0.5) is 8.78 Å². The van der Waals surface area contributed by atoms with Crippen LogP contribution in [0.15, 0.2) is 72.8 Å². The van der Waals surface area contributed by atoms with E-state index in [-0.39, 0.29) is 17.2 Å². The molecule has 0 amide bonds. The number of benzene rings is 3. The number of aryl methyl sites for hydroxylation is 1. The Morgan fingerprint density at radius 2 is 0.923 bits per heavy atom. The molecule has 0 bridgehead atoms. The maximum atomic E-state index is 13.1. The summed E-state index contributed by atoms with van der Waals surface area (Å²) in [6, 6.07) is 16.6. The summed E-state index contributed by atoms with van der Waals surface area (Å²) in [6.07, 6.45) is 0. The van der Waals surface area contributed by atoms with Gasteiger partial charge in [0.2, 0.25) is 0 Å². The van der Waals surface area contributed by atoms with Gasteiger partial charge in [-0.3, -0.25) is 0 Å². The molecule has 0 N–H and O–H groups in total. The number of hydrogen-bond acceptors (Lipinski definition) is 4. The minimum Gasteiger partial charge on any atom is -0.386 e. The first-order valence-electron chi connectivity index (χ1n) is 7.68. The molecule has 0 spiro atoms. The lowest BCUT2D eigenvalue weighted by Crippen LogP contribution is -2.07. The molecule has 4 nitrogen and oxygen atoms in total. The summed E-state index contributed by atoms with van der Waals surface area (Å²) >= 11 is 0. The molecule has 3 aromatic carbocycles. The summed E-state index contributed by atoms with van der Waals surface area (Å²) in [4.78, 5) is 0. The molecule has 0 saturated carbocycles. The third kappa shape index (κ3) is 4.83. The minimum atomic E-state index is -4.18. The van der Waals surface area contributed by atoms with E-state index >= 15 is 0 Å². The molecule has 26 heavy (non-hydrogen) atoms. The van der Waals surface area contributed by atoms with E-state index in [9.17, 15) is 13.3 Å². The van der Waals surface area contributed by atoms with Crippen LogP contribution >= 0.6 is 7.82 Å². The van der Waals surface area contributed by atoms with Gasteiger partial charge in [-0.1, -0.05) is 17.7 Å². The Balaban J connectivity index is 1.88. The predicted molar refractivity (Wildman–Crippen MR) is 93.5 cm³/mol. The lowest BCUT2D eigenvalue weighted by molar-refractivity contribution is 0.298. The van der Waals surface area contributed by atoms with Crippen molar-refractivity contribution in [3.05, 3.63) is 90.0 Å². The molecule has 3 aromatic rings. The van der Waals surface area contributed by atoms with Gasteiger partial charge in [-0.15, -0.1) is 0 Å². The molecule has 0 saturated heterocycles. The second-order valence-corrected chi connectivity index (χ2v) is 6.88. The highest BCUT2D eigenvalue weighted by molar-refractivity contribution is 7.49. The van der Waals surface area contributed by atoms with Crippen LogP contribution in [0.1, 0.15) is 5.56 Å². The van der Waals surface area contributed by atoms with Crippen molar-refractivity contribution in [2.24, 2.45) is 0 Å². The summed E-state index contributed by atoms with van der Waals surface area (Å²) in [5, 5.41) is 0. The average Bonchev–Trinajstić information content (AvgIpc) is 2.61. The molecule has 0 aliphatic heterocycles. The smallest absolute Gasteiger partial charge is 0.386 e. The maximum Gasteiger partial charge on any atom is 0.647 e. The van der Waals surface area contributed by atoms with Gasteiger partial charge in [0.1, 0.15) is 28.9 Å². The van der Waals surface area contributed by atoms with Gasteiger partial charge < -0.3 is 13.6 Å². The number of hydrogen-bond donors (Lipinski definition) is 0. The summed E-state index contributed by atoms with van der Waals surface area (Å²) in [5.41, 5.74) is 0.992. The molecule has 0 aliphatic carbocycles. The van der Waals surface area contributed by atoms with Crippen LogP contribution in [0.2, 0.25) is 0 Å². The molecule has 7 heteroatoms. The van der Waals surface area contributed by atoms with Gasteiger partial charge >= 0.3 is 7.82 Å². The van der Waals surface area contributed by atoms with Crippen molar-refractivity contribution in [3.63, 3.8) is 0 Å². The Morgan fingerprint density at radius 1 is 0.615 bits per heavy atom. The third-order valence-electron chi connectivity index (χ3n) is 3.30. The molecule has 3 rings (SSSR count). The molecule has 0 atom stereocenters. The van der Waals surface area contributed by atoms with Gasteiger partial charge in [-0.25, -0.2) is 8.78 Å². The van der Waals surface area contributed by atoms with E-state index in [2.05, 4.69) is 0 Å². The standard InChI is InChI=1S/C19H15F2O4P/c1-14-2-8-17(9-3-14)23-26(22,24-18-10-4-15(20)5-11-18)25-19-12-6-16(21)7-13-19/h2-13H,1H3. The number of phosphoric ester groups is 1. The maximum absolute atomic E-state index is 13.1. The van der Waals surface area contributed by atoms with Crippen LogP contribution in [0, 0.1) is 18.6 Å². The van der Waals surface area contributed by atoms with Crippen LogP contribution in [0.25, 0.3) is 0 Å². The summed E-state index contributed by atoms with van der Waals surface area (Å²) in [5.74, 6) is -0.465. The lowest BCUT2D eigenvalue weighted by atomic mass is 10.2. The van der Waals surface area contributed by atoms with E-state index in [1.54, 1.807) is 24.3 Å². The van der Waals surface area contributed by atoms with Crippen molar-refractivity contribution in [3.8, 4) is 17.2 Å². The molecule has 134 valence electrons. The van der Waals surface area contributed by atoms with Crippen molar-refractivity contribution < 1.29 is 26.9 Å². The molecular formula is C19H15F2O4P. The highest BCUT2D eigenvalue weighted by Gasteiger charge is 2.33. The van der Waals surface area contributed by atoms with Gasteiger partial charge in [0.15, 0.2) is 0 Å². The molecular weight excluding hydrogens is 361 g/mol. The Labute approximate surface area is 149 Å². The van der Waals surface area contributed by atoms with Gasteiger partial charge in [0.05, 0.1) is 0 Å². The predicted octanol–water partition coefficient (Wildman–Crippen LogP) is 5.92. The summed E-state index contributed by atoms with van der Waals surface area (Å²) in [7, 11) is -4.18. The zero-order valence-corrected chi connectivity index (χ0v) is 14.7. The second kappa shape index (κ2) is 7.58. The van der Waals surface area contributed by atoms with Crippen molar-refractivity contribution in [2.75, 3.05) is 0 Å². The molecule has 0 aliphatic rings. The first kappa shape index (κ1) is 18.0. The van der Waals surface area contributed by atoms with Crippen molar-refractivity contribution >= 4 is 7.82 Å². The highest BCUT2D eigenvalue weighted by Crippen LogP contribution is 2.49. The van der Waals surface area contributed by atoms with Crippen LogP contribution < -0.4 is 13.6 Å². The SMILES string of the molecule is Cc1ccc(OP(=O)(Oc2ccc(F)cc2)Oc2ccc(F)cc2)cc1. The number of halogens is 2. The van der Waals surface area contributed by atoms with Crippen molar-refractivity contribution in [1.82, 2.24) is 0 Å². The second-order valence-electron chi connectivity index (χ2n) is 5.44. The Bertz CT molecular complexity index is 787. The minimum absolute atomic E-state index is 0.101. The summed E-state index contributed by atoms with van der Waals surface area (Å²) < 4.78 is 55.5. The Morgan fingerprint density at radius 3 is 1.27 bits per heavy atom. The van der Waals surface area contributed by atoms with Crippen molar-refractivity contribution in [1.29, 1.82) is 0 Å². The molecule has 0 fully saturated rings. The largest absolute Gasteiger partial charge is 0.647 e. The van der Waals surface area contributed by atoms with Crippen LogP contribution in [-0.2, 0) is 4.57 Å². The van der Waals surface area contributed by atoms with E-state index in [1.165, 1.54) is 24.3 Å². The monoisotopic (exact) mass is 376 g/mol. The quantitative estimate of drug-likeness (QED) is 0.501. The number of phosphoric acid groups is 1. The lowest BCUT2D eigenvalue weighted by Gasteiger charge is -2.19. The Hall–Kier alpha value is -2.85. The van der Waals surface area contributed by atoms with Gasteiger partial charge in [0, 0.05) is 0 Å². The molecule has 0 heterocycles. The van der Waals surface area contributed by atoms with E-state index in [0.717, 1.165) is 29.8 Å². The Kier molecular flexibility index (Phi) is 5.24. The topological polar surface area (TPSA) is 44.8 Å². The van der Waals surface area contributed by atoms with E-state index in [0.29, 0.717) is 0 Å². The zero-order chi connectivity index (χ0) is 18.6. The first-order chi connectivity index (χ1) is 12.4. The van der Waals surface area contributed by atoms with Crippen LogP contribution in [0.3, 0.4) is 0 Å². The third-order valence-corrected chi connectivity index (χ3v) is 4.60. The summed E-state index contributed by atoms with van der Waals surface area (Å²) in [6.45, 7) is 1.90. The van der Waals surface area contributed by atoms with E-state index in [4.69, 9.17) is 13.6 Å². The van der Waals surface area contributed by atoms with E-state index in [1.807, 2.05) is 6.92 Å². The fourth-order valence-electron chi connectivity index (χ4n) is 2.03. The van der Waals surface area contributed by atoms with Crippen molar-refractivity contribution in [2.45, 2.75) is 6.92 Å². The molecule has 0 unspecified atom stereocenters. The number of rotatable bonds is 6. The zero-order valence-electron chi connectivity index (χ0n) is 13.8. The fraction of sp³-hybridized carbons (Fsp3) is 0.0526. The highest BCUT2D eigenvalue weighted by atomic mass is 31.2.